The monoisotopic (exact) mass is 426 g/mol. The van der Waals surface area contributed by atoms with Gasteiger partial charge in [0, 0.05) is 6.54 Å². The zero-order valence-electron chi connectivity index (χ0n) is 16.7. The molecule has 3 aromatic rings. The number of hydrogen-bond acceptors (Lipinski definition) is 5. The number of nitrogens with zero attached hydrogens (tertiary/aromatic N) is 1. The van der Waals surface area contributed by atoms with Gasteiger partial charge in [-0.3, -0.25) is 4.79 Å². The van der Waals surface area contributed by atoms with Crippen molar-refractivity contribution < 1.29 is 17.9 Å². The highest BCUT2D eigenvalue weighted by molar-refractivity contribution is 7.91. The summed E-state index contributed by atoms with van der Waals surface area (Å²) in [5.41, 5.74) is 1.66. The fraction of sp³-hybridized carbons (Fsp3) is 0.273. The average molecular weight is 426 g/mol. The van der Waals surface area contributed by atoms with Gasteiger partial charge in [-0.1, -0.05) is 18.2 Å². The van der Waals surface area contributed by atoms with Crippen molar-refractivity contribution in [3.05, 3.63) is 70.1 Å². The predicted molar refractivity (Wildman–Crippen MR) is 111 cm³/mol. The number of pyridine rings is 1. The molecule has 0 saturated carbocycles. The smallest absolute Gasteiger partial charge is 0.355 e. The van der Waals surface area contributed by atoms with Crippen LogP contribution >= 0.6 is 0 Å². The first-order chi connectivity index (χ1) is 14.3. The van der Waals surface area contributed by atoms with Crippen LogP contribution in [-0.2, 0) is 27.5 Å². The molecule has 3 heterocycles. The fourth-order valence-electron chi connectivity index (χ4n) is 3.71. The van der Waals surface area contributed by atoms with E-state index in [4.69, 9.17) is 4.74 Å². The van der Waals surface area contributed by atoms with Crippen molar-refractivity contribution in [3.8, 4) is 11.4 Å². The van der Waals surface area contributed by atoms with E-state index in [1.807, 2.05) is 4.57 Å². The summed E-state index contributed by atoms with van der Waals surface area (Å²) in [6, 6.07) is 12.8. The molecule has 0 fully saturated rings. The number of carbonyl (C=O) groups is 1. The minimum Gasteiger partial charge on any atom is -0.458 e. The molecule has 0 spiro atoms. The van der Waals surface area contributed by atoms with Gasteiger partial charge in [0.05, 0.1) is 22.4 Å². The summed E-state index contributed by atoms with van der Waals surface area (Å²) in [5.74, 6) is -0.426. The summed E-state index contributed by atoms with van der Waals surface area (Å²) in [7, 11) is -3.94. The van der Waals surface area contributed by atoms with E-state index in [9.17, 15) is 18.0 Å². The first-order valence-corrected chi connectivity index (χ1v) is 11.2. The van der Waals surface area contributed by atoms with Gasteiger partial charge in [0.25, 0.3) is 5.56 Å². The number of esters is 1. The fourth-order valence-corrected chi connectivity index (χ4v) is 5.07. The van der Waals surface area contributed by atoms with Crippen molar-refractivity contribution in [2.24, 2.45) is 0 Å². The van der Waals surface area contributed by atoms with E-state index in [1.165, 1.54) is 18.2 Å². The number of ether oxygens (including phenoxy) is 1. The highest BCUT2D eigenvalue weighted by Gasteiger charge is 2.27. The number of aryl methyl sites for hydroxylation is 1. The van der Waals surface area contributed by atoms with Gasteiger partial charge < -0.3 is 14.3 Å². The van der Waals surface area contributed by atoms with Crippen molar-refractivity contribution in [1.82, 2.24) is 9.55 Å². The summed E-state index contributed by atoms with van der Waals surface area (Å²) < 4.78 is 33.1. The van der Waals surface area contributed by atoms with Gasteiger partial charge in [-0.25, -0.2) is 13.2 Å². The third kappa shape index (κ3) is 3.47. The molecule has 0 bridgehead atoms. The second kappa shape index (κ2) is 7.60. The van der Waals surface area contributed by atoms with Crippen LogP contribution in [0.1, 0.15) is 36.3 Å². The second-order valence-corrected chi connectivity index (χ2v) is 9.41. The molecule has 4 rings (SSSR count). The van der Waals surface area contributed by atoms with Crippen LogP contribution in [0.25, 0.3) is 11.4 Å². The summed E-state index contributed by atoms with van der Waals surface area (Å²) in [5, 5.41) is 0. The van der Waals surface area contributed by atoms with E-state index in [-0.39, 0.29) is 15.9 Å². The normalized spacial score (nSPS) is 13.4. The van der Waals surface area contributed by atoms with Crippen molar-refractivity contribution >= 4 is 15.8 Å². The number of fused-ring (bicyclic) bond motifs is 3. The Hall–Kier alpha value is -3.13. The molecule has 8 heteroatoms. The number of aromatic nitrogens is 2. The Morgan fingerprint density at radius 3 is 2.57 bits per heavy atom. The van der Waals surface area contributed by atoms with Crippen LogP contribution < -0.4 is 5.56 Å². The number of benzene rings is 1. The maximum atomic E-state index is 13.0. The van der Waals surface area contributed by atoms with E-state index < -0.39 is 21.4 Å². The van der Waals surface area contributed by atoms with Gasteiger partial charge in [0.1, 0.15) is 10.6 Å². The largest absolute Gasteiger partial charge is 0.458 e. The van der Waals surface area contributed by atoms with E-state index in [1.54, 1.807) is 44.2 Å². The maximum absolute atomic E-state index is 13.0. The lowest BCUT2D eigenvalue weighted by Gasteiger charge is -2.13. The highest BCUT2D eigenvalue weighted by atomic mass is 32.2. The summed E-state index contributed by atoms with van der Waals surface area (Å²) in [6.07, 6.45) is 1.02. The van der Waals surface area contributed by atoms with Crippen LogP contribution in [0.5, 0.6) is 0 Å². The standard InChI is InChI=1S/C22H22N2O5S/c1-14(2)29-22(26)18-11-10-17-20-15(7-6-12-24(17)18)13-19(21(25)23-20)30(27,28)16-8-4-3-5-9-16/h3-5,8-11,13-14H,6-7,12H2,1-2H3,(H,23,25). The van der Waals surface area contributed by atoms with Gasteiger partial charge in [0.2, 0.25) is 9.84 Å². The lowest BCUT2D eigenvalue weighted by atomic mass is 10.1. The van der Waals surface area contributed by atoms with Gasteiger partial charge in [0.15, 0.2) is 0 Å². The summed E-state index contributed by atoms with van der Waals surface area (Å²) >= 11 is 0. The Morgan fingerprint density at radius 1 is 1.13 bits per heavy atom. The lowest BCUT2D eigenvalue weighted by molar-refractivity contribution is 0.0365. The van der Waals surface area contributed by atoms with E-state index in [0.29, 0.717) is 36.5 Å². The van der Waals surface area contributed by atoms with Crippen LogP contribution in [-0.4, -0.2) is 30.0 Å². The number of carbonyl (C=O) groups excluding carboxylic acids is 1. The molecule has 1 aliphatic heterocycles. The Kier molecular flexibility index (Phi) is 5.11. The molecule has 0 atom stereocenters. The molecular formula is C22H22N2O5S. The third-order valence-electron chi connectivity index (χ3n) is 5.05. The lowest BCUT2D eigenvalue weighted by Crippen LogP contribution is -2.20. The molecular weight excluding hydrogens is 404 g/mol. The first kappa shape index (κ1) is 20.2. The van der Waals surface area contributed by atoms with Gasteiger partial charge in [-0.2, -0.15) is 0 Å². The number of hydrogen-bond donors (Lipinski definition) is 1. The zero-order valence-corrected chi connectivity index (χ0v) is 17.5. The molecule has 1 aliphatic rings. The molecule has 0 aliphatic carbocycles. The second-order valence-electron chi connectivity index (χ2n) is 7.49. The van der Waals surface area contributed by atoms with Crippen LogP contribution in [0.4, 0.5) is 0 Å². The third-order valence-corrected chi connectivity index (χ3v) is 6.82. The van der Waals surface area contributed by atoms with Crippen molar-refractivity contribution in [2.45, 2.75) is 49.1 Å². The average Bonchev–Trinajstić information content (AvgIpc) is 3.05. The molecule has 1 N–H and O–H groups in total. The van der Waals surface area contributed by atoms with Crippen LogP contribution in [0.2, 0.25) is 0 Å². The summed E-state index contributed by atoms with van der Waals surface area (Å²) in [6.45, 7) is 4.12. The van der Waals surface area contributed by atoms with E-state index in [2.05, 4.69) is 4.98 Å². The van der Waals surface area contributed by atoms with Crippen LogP contribution in [0.15, 0.2) is 63.1 Å². The van der Waals surface area contributed by atoms with Crippen molar-refractivity contribution in [2.75, 3.05) is 0 Å². The molecule has 7 nitrogen and oxygen atoms in total. The number of nitrogens with one attached hydrogen (secondary N) is 1. The summed E-state index contributed by atoms with van der Waals surface area (Å²) in [4.78, 5) is 27.8. The van der Waals surface area contributed by atoms with Crippen molar-refractivity contribution in [3.63, 3.8) is 0 Å². The number of rotatable bonds is 4. The Balaban J connectivity index is 1.82. The molecule has 0 radical (unpaired) electrons. The SMILES string of the molecule is CC(C)OC(=O)c1ccc2n1CCCc1cc(S(=O)(=O)c3ccccc3)c(=O)[nH]c1-2. The maximum Gasteiger partial charge on any atom is 0.355 e. The quantitative estimate of drug-likeness (QED) is 0.646. The van der Waals surface area contributed by atoms with Crippen LogP contribution in [0, 0.1) is 0 Å². The minimum atomic E-state index is -3.94. The van der Waals surface area contributed by atoms with Gasteiger partial charge in [-0.05, 0) is 62.6 Å². The molecule has 0 unspecified atom stereocenters. The number of aromatic amines is 1. The molecule has 30 heavy (non-hydrogen) atoms. The Labute approximate surface area is 174 Å². The van der Waals surface area contributed by atoms with Crippen molar-refractivity contribution in [1.29, 1.82) is 0 Å². The highest BCUT2D eigenvalue weighted by Crippen LogP contribution is 2.30. The first-order valence-electron chi connectivity index (χ1n) is 9.76. The zero-order chi connectivity index (χ0) is 21.5. The number of H-pyrrole nitrogens is 1. The Morgan fingerprint density at radius 2 is 1.87 bits per heavy atom. The predicted octanol–water partition coefficient (Wildman–Crippen LogP) is 3.19. The van der Waals surface area contributed by atoms with E-state index in [0.717, 1.165) is 5.56 Å². The molecule has 0 saturated heterocycles. The Bertz CT molecular complexity index is 1270. The van der Waals surface area contributed by atoms with Crippen LogP contribution in [0.3, 0.4) is 0 Å². The number of sulfone groups is 1. The molecule has 156 valence electrons. The molecule has 2 aromatic heterocycles. The molecule has 1 aromatic carbocycles. The minimum absolute atomic E-state index is 0.0752. The van der Waals surface area contributed by atoms with Gasteiger partial charge in [-0.15, -0.1) is 0 Å². The molecule has 0 amide bonds. The topological polar surface area (TPSA) is 98.2 Å². The van der Waals surface area contributed by atoms with E-state index >= 15 is 0 Å². The van der Waals surface area contributed by atoms with Gasteiger partial charge >= 0.3 is 5.97 Å².